The van der Waals surface area contributed by atoms with Crippen molar-refractivity contribution in [3.05, 3.63) is 45.1 Å². The molecule has 2 aromatic heterocycles. The minimum absolute atomic E-state index is 0.0645. The molecule has 1 amide bonds. The molecule has 32 heavy (non-hydrogen) atoms. The van der Waals surface area contributed by atoms with Crippen LogP contribution in [0.4, 0.5) is 0 Å². The summed E-state index contributed by atoms with van der Waals surface area (Å²) in [7, 11) is 7.48. The Bertz CT molecular complexity index is 1330. The Morgan fingerprint density at radius 3 is 2.22 bits per heavy atom. The largest absolute Gasteiger partial charge is 0.497 e. The summed E-state index contributed by atoms with van der Waals surface area (Å²) >= 11 is 0.871. The van der Waals surface area contributed by atoms with E-state index in [2.05, 4.69) is 9.97 Å². The van der Waals surface area contributed by atoms with Crippen LogP contribution in [0.25, 0.3) is 22.4 Å². The van der Waals surface area contributed by atoms with Crippen molar-refractivity contribution >= 4 is 34.5 Å². The smallest absolute Gasteiger partial charge is 0.332 e. The van der Waals surface area contributed by atoms with Gasteiger partial charge in [-0.1, -0.05) is 11.8 Å². The van der Waals surface area contributed by atoms with Crippen molar-refractivity contribution in [2.45, 2.75) is 17.2 Å². The number of carbonyl (C=O) groups excluding carboxylic acids is 2. The van der Waals surface area contributed by atoms with E-state index in [1.807, 2.05) is 0 Å². The van der Waals surface area contributed by atoms with Crippen LogP contribution in [0.2, 0.25) is 0 Å². The van der Waals surface area contributed by atoms with Crippen LogP contribution in [0.3, 0.4) is 0 Å². The Morgan fingerprint density at radius 2 is 1.69 bits per heavy atom. The zero-order chi connectivity index (χ0) is 23.7. The lowest BCUT2D eigenvalue weighted by atomic mass is 10.2. The van der Waals surface area contributed by atoms with E-state index < -0.39 is 22.4 Å². The number of ketones is 1. The van der Waals surface area contributed by atoms with Gasteiger partial charge in [-0.2, -0.15) is 0 Å². The highest BCUT2D eigenvalue weighted by molar-refractivity contribution is 8.01. The Hall–Kier alpha value is -3.47. The van der Waals surface area contributed by atoms with Gasteiger partial charge in [0.1, 0.15) is 21.4 Å². The van der Waals surface area contributed by atoms with E-state index in [4.69, 9.17) is 4.74 Å². The number of carbonyl (C=O) groups is 2. The molecule has 0 aliphatic heterocycles. The lowest BCUT2D eigenvalue weighted by Crippen LogP contribution is -2.38. The van der Waals surface area contributed by atoms with Crippen molar-refractivity contribution in [2.24, 2.45) is 14.1 Å². The molecule has 3 aromatic rings. The quantitative estimate of drug-likeness (QED) is 0.304. The molecule has 0 aliphatic carbocycles. The van der Waals surface area contributed by atoms with Gasteiger partial charge in [0, 0.05) is 33.8 Å². The van der Waals surface area contributed by atoms with Crippen LogP contribution >= 0.6 is 11.8 Å². The number of hydrogen-bond acceptors (Lipinski definition) is 8. The van der Waals surface area contributed by atoms with E-state index in [0.717, 1.165) is 16.3 Å². The van der Waals surface area contributed by atoms with Gasteiger partial charge < -0.3 is 9.64 Å². The lowest BCUT2D eigenvalue weighted by molar-refractivity contribution is -0.132. The van der Waals surface area contributed by atoms with Gasteiger partial charge in [0.2, 0.25) is 5.91 Å². The van der Waals surface area contributed by atoms with Gasteiger partial charge in [-0.15, -0.1) is 0 Å². The summed E-state index contributed by atoms with van der Waals surface area (Å²) in [6.45, 7) is 1.31. The standard InChI is InChI=1S/C21H23N5O5S/c1-11(27)15(20(29)24(2)3)32-18-14-17(25(4)21(30)26(5)19(14)28)22-16(23-18)12-7-9-13(31-6)10-8-12/h7-10,15H,1-6H3/t15-/m0/s1. The Labute approximate surface area is 187 Å². The summed E-state index contributed by atoms with van der Waals surface area (Å²) < 4.78 is 7.36. The van der Waals surface area contributed by atoms with E-state index in [9.17, 15) is 19.2 Å². The van der Waals surface area contributed by atoms with Gasteiger partial charge >= 0.3 is 5.69 Å². The highest BCUT2D eigenvalue weighted by Gasteiger charge is 2.29. The average Bonchev–Trinajstić information content (AvgIpc) is 2.78. The number of aromatic nitrogens is 4. The molecule has 0 fully saturated rings. The molecule has 0 bridgehead atoms. The first-order valence-electron chi connectivity index (χ1n) is 9.57. The molecule has 0 spiro atoms. The van der Waals surface area contributed by atoms with Gasteiger partial charge in [-0.25, -0.2) is 14.8 Å². The first-order chi connectivity index (χ1) is 15.1. The lowest BCUT2D eigenvalue weighted by Gasteiger charge is -2.19. The third-order valence-electron chi connectivity index (χ3n) is 4.88. The minimum atomic E-state index is -1.10. The fourth-order valence-corrected chi connectivity index (χ4v) is 4.17. The Kier molecular flexibility index (Phi) is 6.49. The molecular formula is C21H23N5O5S. The number of fused-ring (bicyclic) bond motifs is 1. The van der Waals surface area contributed by atoms with Crippen molar-refractivity contribution in [1.82, 2.24) is 24.0 Å². The second kappa shape index (κ2) is 8.95. The maximum atomic E-state index is 13.0. The normalized spacial score (nSPS) is 11.9. The van der Waals surface area contributed by atoms with Crippen LogP contribution in [-0.4, -0.2) is 62.1 Å². The molecule has 0 saturated carbocycles. The molecular weight excluding hydrogens is 434 g/mol. The van der Waals surface area contributed by atoms with Crippen LogP contribution < -0.4 is 16.0 Å². The van der Waals surface area contributed by atoms with E-state index in [-0.39, 0.29) is 27.7 Å². The van der Waals surface area contributed by atoms with E-state index >= 15 is 0 Å². The summed E-state index contributed by atoms with van der Waals surface area (Å²) in [5.41, 5.74) is -0.432. The molecule has 10 nitrogen and oxygen atoms in total. The highest BCUT2D eigenvalue weighted by atomic mass is 32.2. The van der Waals surface area contributed by atoms with Gasteiger partial charge in [0.15, 0.2) is 17.3 Å². The van der Waals surface area contributed by atoms with Crippen molar-refractivity contribution in [1.29, 1.82) is 0 Å². The summed E-state index contributed by atoms with van der Waals surface area (Å²) in [6.07, 6.45) is 0. The summed E-state index contributed by atoms with van der Waals surface area (Å²) in [5, 5.41) is -0.893. The first kappa shape index (κ1) is 23.2. The van der Waals surface area contributed by atoms with Crippen molar-refractivity contribution in [3.63, 3.8) is 0 Å². The predicted molar refractivity (Wildman–Crippen MR) is 121 cm³/mol. The van der Waals surface area contributed by atoms with Crippen LogP contribution in [0.1, 0.15) is 6.92 Å². The molecule has 0 saturated heterocycles. The fourth-order valence-electron chi connectivity index (χ4n) is 3.04. The SMILES string of the molecule is COc1ccc(-c2nc(S[C@@H](C(C)=O)C(=O)N(C)C)c3c(=O)n(C)c(=O)n(C)c3n2)cc1. The third-order valence-corrected chi connectivity index (χ3v) is 6.17. The van der Waals surface area contributed by atoms with Crippen molar-refractivity contribution in [3.8, 4) is 17.1 Å². The second-order valence-corrected chi connectivity index (χ2v) is 8.42. The number of thioether (sulfide) groups is 1. The number of hydrogen-bond donors (Lipinski definition) is 0. The number of nitrogens with zero attached hydrogens (tertiary/aromatic N) is 5. The Morgan fingerprint density at radius 1 is 1.06 bits per heavy atom. The summed E-state index contributed by atoms with van der Waals surface area (Å²) in [4.78, 5) is 60.6. The van der Waals surface area contributed by atoms with E-state index in [0.29, 0.717) is 11.3 Å². The molecule has 0 aliphatic rings. The molecule has 1 atom stereocenters. The third kappa shape index (κ3) is 4.15. The molecule has 1 aromatic carbocycles. The molecule has 3 rings (SSSR count). The number of rotatable bonds is 6. The van der Waals surface area contributed by atoms with Gasteiger partial charge in [-0.05, 0) is 31.2 Å². The number of Topliss-reactive ketones (excluding diaryl/α,β-unsaturated/α-hetero) is 1. The number of benzene rings is 1. The van der Waals surface area contributed by atoms with Gasteiger partial charge in [0.05, 0.1) is 7.11 Å². The molecule has 2 heterocycles. The zero-order valence-electron chi connectivity index (χ0n) is 18.6. The topological polar surface area (TPSA) is 116 Å². The van der Waals surface area contributed by atoms with Crippen LogP contribution in [-0.2, 0) is 23.7 Å². The Balaban J connectivity index is 2.33. The van der Waals surface area contributed by atoms with E-state index in [1.165, 1.54) is 30.5 Å². The number of amides is 1. The average molecular weight is 458 g/mol. The number of aryl methyl sites for hydroxylation is 1. The summed E-state index contributed by atoms with van der Waals surface area (Å²) in [5.74, 6) is 0.0687. The minimum Gasteiger partial charge on any atom is -0.497 e. The molecule has 0 radical (unpaired) electrons. The molecule has 11 heteroatoms. The van der Waals surface area contributed by atoms with Crippen LogP contribution in [0.15, 0.2) is 38.9 Å². The van der Waals surface area contributed by atoms with Crippen LogP contribution in [0.5, 0.6) is 5.75 Å². The maximum absolute atomic E-state index is 13.0. The fraction of sp³-hybridized carbons (Fsp3) is 0.333. The first-order valence-corrected chi connectivity index (χ1v) is 10.4. The predicted octanol–water partition coefficient (Wildman–Crippen LogP) is 0.841. The second-order valence-electron chi connectivity index (χ2n) is 7.33. The maximum Gasteiger partial charge on any atom is 0.332 e. The monoisotopic (exact) mass is 457 g/mol. The number of ether oxygens (including phenoxy) is 1. The summed E-state index contributed by atoms with van der Waals surface area (Å²) in [6, 6.07) is 6.93. The van der Waals surface area contributed by atoms with Gasteiger partial charge in [0.25, 0.3) is 5.56 Å². The molecule has 168 valence electrons. The molecule has 0 N–H and O–H groups in total. The number of methoxy groups -OCH3 is 1. The van der Waals surface area contributed by atoms with Crippen molar-refractivity contribution < 1.29 is 14.3 Å². The van der Waals surface area contributed by atoms with Gasteiger partial charge in [-0.3, -0.25) is 23.5 Å². The van der Waals surface area contributed by atoms with E-state index in [1.54, 1.807) is 45.5 Å². The highest BCUT2D eigenvalue weighted by Crippen LogP contribution is 2.30. The van der Waals surface area contributed by atoms with Crippen molar-refractivity contribution in [2.75, 3.05) is 21.2 Å². The molecule has 0 unspecified atom stereocenters. The zero-order valence-corrected chi connectivity index (χ0v) is 19.4. The van der Waals surface area contributed by atoms with Crippen LogP contribution in [0, 0.1) is 0 Å².